The zero-order valence-corrected chi connectivity index (χ0v) is 14.7. The van der Waals surface area contributed by atoms with Crippen molar-refractivity contribution in [1.29, 1.82) is 0 Å². The highest BCUT2D eigenvalue weighted by Gasteiger charge is 2.32. The Kier molecular flexibility index (Phi) is 3.84. The van der Waals surface area contributed by atoms with Crippen LogP contribution in [0.15, 0.2) is 29.6 Å². The third kappa shape index (κ3) is 2.51. The van der Waals surface area contributed by atoms with Gasteiger partial charge in [0.05, 0.1) is 22.1 Å². The molecule has 4 rings (SSSR count). The zero-order valence-electron chi connectivity index (χ0n) is 13.9. The maximum absolute atomic E-state index is 13.0. The molecule has 1 fully saturated rings. The number of likely N-dealkylation sites (tertiary alicyclic amines) is 1. The number of para-hydroxylation sites is 2. The van der Waals surface area contributed by atoms with Crippen molar-refractivity contribution in [3.63, 3.8) is 0 Å². The van der Waals surface area contributed by atoms with Gasteiger partial charge in [0.2, 0.25) is 0 Å². The van der Waals surface area contributed by atoms with E-state index in [1.165, 1.54) is 11.3 Å². The monoisotopic (exact) mass is 340 g/mol. The third-order valence-electron chi connectivity index (χ3n) is 4.72. The van der Waals surface area contributed by atoms with E-state index in [1.54, 1.807) is 0 Å². The number of hydrogen-bond acceptors (Lipinski definition) is 4. The van der Waals surface area contributed by atoms with Gasteiger partial charge in [-0.15, -0.1) is 11.3 Å². The molecule has 0 N–H and O–H groups in total. The van der Waals surface area contributed by atoms with Crippen LogP contribution in [0.3, 0.4) is 0 Å². The highest BCUT2D eigenvalue weighted by atomic mass is 32.1. The summed E-state index contributed by atoms with van der Waals surface area (Å²) in [6.45, 7) is 2.70. The number of imidazole rings is 1. The first kappa shape index (κ1) is 15.3. The minimum atomic E-state index is 0.0191. The van der Waals surface area contributed by atoms with Gasteiger partial charge >= 0.3 is 0 Å². The molecule has 6 heteroatoms. The lowest BCUT2D eigenvalue weighted by molar-refractivity contribution is 0.0591. The van der Waals surface area contributed by atoms with Crippen molar-refractivity contribution < 1.29 is 4.79 Å². The van der Waals surface area contributed by atoms with Crippen LogP contribution in [0.4, 0.5) is 0 Å². The summed E-state index contributed by atoms with van der Waals surface area (Å²) in [7, 11) is 2.04. The van der Waals surface area contributed by atoms with E-state index >= 15 is 0 Å². The zero-order chi connectivity index (χ0) is 16.7. The summed E-state index contributed by atoms with van der Waals surface area (Å²) in [4.78, 5) is 24.1. The van der Waals surface area contributed by atoms with Gasteiger partial charge < -0.3 is 9.47 Å². The van der Waals surface area contributed by atoms with Crippen LogP contribution in [-0.2, 0) is 7.05 Å². The predicted molar refractivity (Wildman–Crippen MR) is 95.2 cm³/mol. The Morgan fingerprint density at radius 1 is 1.25 bits per heavy atom. The Bertz CT molecular complexity index is 897. The number of thiazole rings is 1. The van der Waals surface area contributed by atoms with Crippen molar-refractivity contribution in [2.24, 2.45) is 7.05 Å². The lowest BCUT2D eigenvalue weighted by atomic mass is 10.0. The molecule has 2 aromatic heterocycles. The predicted octanol–water partition coefficient (Wildman–Crippen LogP) is 3.71. The average Bonchev–Trinajstić information content (AvgIpc) is 3.18. The fourth-order valence-corrected chi connectivity index (χ4v) is 4.10. The number of nitrogens with zero attached hydrogens (tertiary/aromatic N) is 4. The topological polar surface area (TPSA) is 51.0 Å². The molecule has 124 valence electrons. The van der Waals surface area contributed by atoms with Crippen LogP contribution in [-0.4, -0.2) is 31.9 Å². The Labute approximate surface area is 145 Å². The fourth-order valence-electron chi connectivity index (χ4n) is 3.51. The van der Waals surface area contributed by atoms with E-state index in [0.29, 0.717) is 5.69 Å². The molecule has 1 atom stereocenters. The summed E-state index contributed by atoms with van der Waals surface area (Å²) in [5.74, 6) is 0.993. The van der Waals surface area contributed by atoms with Crippen LogP contribution in [0.1, 0.15) is 46.6 Å². The first-order valence-corrected chi connectivity index (χ1v) is 9.17. The Hall–Kier alpha value is -2.21. The second-order valence-electron chi connectivity index (χ2n) is 6.28. The number of benzene rings is 1. The Morgan fingerprint density at radius 2 is 2.08 bits per heavy atom. The van der Waals surface area contributed by atoms with Gasteiger partial charge in [0.15, 0.2) is 0 Å². The molecule has 5 nitrogen and oxygen atoms in total. The summed E-state index contributed by atoms with van der Waals surface area (Å²) in [5.41, 5.74) is 2.65. The summed E-state index contributed by atoms with van der Waals surface area (Å²) >= 11 is 1.52. The van der Waals surface area contributed by atoms with E-state index in [1.807, 2.05) is 42.5 Å². The summed E-state index contributed by atoms with van der Waals surface area (Å²) in [6.07, 6.45) is 3.11. The van der Waals surface area contributed by atoms with Gasteiger partial charge in [-0.05, 0) is 38.3 Å². The molecule has 0 spiro atoms. The van der Waals surface area contributed by atoms with E-state index in [9.17, 15) is 4.79 Å². The molecule has 1 amide bonds. The van der Waals surface area contributed by atoms with Crippen LogP contribution in [0, 0.1) is 6.92 Å². The number of aromatic nitrogens is 3. The van der Waals surface area contributed by atoms with Crippen molar-refractivity contribution >= 4 is 28.3 Å². The number of carbonyl (C=O) groups is 1. The van der Waals surface area contributed by atoms with E-state index in [2.05, 4.69) is 15.6 Å². The summed E-state index contributed by atoms with van der Waals surface area (Å²) in [6, 6.07) is 8.14. The number of piperidine rings is 1. The van der Waals surface area contributed by atoms with Crippen molar-refractivity contribution in [3.05, 3.63) is 46.2 Å². The lowest BCUT2D eigenvalue weighted by Crippen LogP contribution is -2.39. The smallest absolute Gasteiger partial charge is 0.273 e. The average molecular weight is 340 g/mol. The first-order chi connectivity index (χ1) is 11.6. The van der Waals surface area contributed by atoms with Gasteiger partial charge in [0.1, 0.15) is 11.5 Å². The molecule has 0 radical (unpaired) electrons. The van der Waals surface area contributed by atoms with Gasteiger partial charge in [-0.2, -0.15) is 0 Å². The first-order valence-electron chi connectivity index (χ1n) is 8.29. The number of aryl methyl sites for hydroxylation is 2. The number of amides is 1. The van der Waals surface area contributed by atoms with Crippen molar-refractivity contribution in [3.8, 4) is 0 Å². The molecule has 1 aliphatic heterocycles. The number of fused-ring (bicyclic) bond motifs is 1. The normalized spacial score (nSPS) is 18.2. The van der Waals surface area contributed by atoms with Crippen LogP contribution >= 0.6 is 11.3 Å². The van der Waals surface area contributed by atoms with Crippen molar-refractivity contribution in [2.45, 2.75) is 32.2 Å². The van der Waals surface area contributed by atoms with Gasteiger partial charge in [0.25, 0.3) is 5.91 Å². The molecule has 1 aliphatic rings. The number of rotatable bonds is 2. The molecule has 0 unspecified atom stereocenters. The Balaban J connectivity index is 1.73. The standard InChI is InChI=1S/C18H20N4OS/c1-12-19-14(11-24-12)18(23)22-10-6-5-9-16(22)17-20-13-7-3-4-8-15(13)21(17)2/h3-4,7-8,11,16H,5-6,9-10H2,1-2H3/t16-/m0/s1. The largest absolute Gasteiger partial charge is 0.329 e. The molecule has 1 saturated heterocycles. The number of carbonyl (C=O) groups excluding carboxylic acids is 1. The van der Waals surface area contributed by atoms with Crippen LogP contribution in [0.5, 0.6) is 0 Å². The van der Waals surface area contributed by atoms with Gasteiger partial charge in [-0.3, -0.25) is 4.79 Å². The van der Waals surface area contributed by atoms with Gasteiger partial charge in [0, 0.05) is 19.0 Å². The fraction of sp³-hybridized carbons (Fsp3) is 0.389. The second kappa shape index (κ2) is 6.02. The SMILES string of the molecule is Cc1nc(C(=O)N2CCCC[C@H]2c2nc3ccccc3n2C)cs1. The maximum atomic E-state index is 13.0. The van der Waals surface area contributed by atoms with Crippen molar-refractivity contribution in [1.82, 2.24) is 19.4 Å². The molecule has 24 heavy (non-hydrogen) atoms. The number of hydrogen-bond donors (Lipinski definition) is 0. The molecule has 0 aliphatic carbocycles. The van der Waals surface area contributed by atoms with E-state index in [4.69, 9.17) is 4.98 Å². The minimum absolute atomic E-state index is 0.0191. The van der Waals surface area contributed by atoms with Gasteiger partial charge in [-0.25, -0.2) is 9.97 Å². The lowest BCUT2D eigenvalue weighted by Gasteiger charge is -2.34. The molecular formula is C18H20N4OS. The molecule has 0 saturated carbocycles. The van der Waals surface area contributed by atoms with Crippen LogP contribution in [0.25, 0.3) is 11.0 Å². The summed E-state index contributed by atoms with van der Waals surface area (Å²) in [5, 5.41) is 2.78. The molecular weight excluding hydrogens is 320 g/mol. The molecule has 0 bridgehead atoms. The second-order valence-corrected chi connectivity index (χ2v) is 7.34. The van der Waals surface area contributed by atoms with E-state index in [-0.39, 0.29) is 11.9 Å². The van der Waals surface area contributed by atoms with Gasteiger partial charge in [-0.1, -0.05) is 12.1 Å². The highest BCUT2D eigenvalue weighted by molar-refractivity contribution is 7.09. The minimum Gasteiger partial charge on any atom is -0.329 e. The quantitative estimate of drug-likeness (QED) is 0.715. The third-order valence-corrected chi connectivity index (χ3v) is 5.50. The Morgan fingerprint density at radius 3 is 2.83 bits per heavy atom. The van der Waals surface area contributed by atoms with E-state index < -0.39 is 0 Å². The van der Waals surface area contributed by atoms with Crippen LogP contribution < -0.4 is 0 Å². The maximum Gasteiger partial charge on any atom is 0.273 e. The van der Waals surface area contributed by atoms with Crippen molar-refractivity contribution in [2.75, 3.05) is 6.54 Å². The van der Waals surface area contributed by atoms with E-state index in [0.717, 1.165) is 47.7 Å². The van der Waals surface area contributed by atoms with Crippen LogP contribution in [0.2, 0.25) is 0 Å². The summed E-state index contributed by atoms with van der Waals surface area (Å²) < 4.78 is 2.12. The molecule has 3 aromatic rings. The molecule has 3 heterocycles. The highest BCUT2D eigenvalue weighted by Crippen LogP contribution is 2.33. The molecule has 1 aromatic carbocycles.